The third kappa shape index (κ3) is 2.25. The molecular formula is C12H7ClN4O2. The highest BCUT2D eigenvalue weighted by Crippen LogP contribution is 2.26. The Labute approximate surface area is 112 Å². The normalized spacial score (nSPS) is 10.6. The molecule has 1 aromatic carbocycles. The van der Waals surface area contributed by atoms with E-state index in [4.69, 9.17) is 11.6 Å². The first-order valence-corrected chi connectivity index (χ1v) is 5.76. The lowest BCUT2D eigenvalue weighted by Crippen LogP contribution is -1.97. The molecule has 3 rings (SSSR count). The van der Waals surface area contributed by atoms with Crippen LogP contribution in [-0.4, -0.2) is 20.1 Å². The Bertz CT molecular complexity index is 781. The van der Waals surface area contributed by atoms with Crippen LogP contribution in [-0.2, 0) is 0 Å². The molecule has 0 aliphatic carbocycles. The van der Waals surface area contributed by atoms with Crippen molar-refractivity contribution in [2.24, 2.45) is 0 Å². The molecule has 0 bridgehead atoms. The first kappa shape index (κ1) is 11.6. The van der Waals surface area contributed by atoms with Gasteiger partial charge in [-0.05, 0) is 12.1 Å². The largest absolute Gasteiger partial charge is 0.439 e. The molecule has 0 saturated heterocycles. The molecule has 0 saturated carbocycles. The second-order valence-corrected chi connectivity index (χ2v) is 4.10. The summed E-state index contributed by atoms with van der Waals surface area (Å²) in [5.41, 5.74) is 1.41. The fraction of sp³-hybridized carbons (Fsp3) is 0. The van der Waals surface area contributed by atoms with Crippen LogP contribution in [0.1, 0.15) is 0 Å². The van der Waals surface area contributed by atoms with E-state index < -0.39 is 5.76 Å². The third-order valence-electron chi connectivity index (χ3n) is 2.46. The molecule has 3 aromatic rings. The predicted octanol–water partition coefficient (Wildman–Crippen LogP) is 2.14. The lowest BCUT2D eigenvalue weighted by atomic mass is 10.1. The number of hydrogen-bond acceptors (Lipinski definition) is 5. The number of H-pyrrole nitrogens is 1. The van der Waals surface area contributed by atoms with Crippen molar-refractivity contribution < 1.29 is 4.52 Å². The second-order valence-electron chi connectivity index (χ2n) is 3.69. The Morgan fingerprint density at radius 3 is 2.79 bits per heavy atom. The Morgan fingerprint density at radius 2 is 2.05 bits per heavy atom. The summed E-state index contributed by atoms with van der Waals surface area (Å²) in [5.74, 6) is -0.205. The molecule has 0 aliphatic heterocycles. The number of aromatic nitrogens is 4. The average Bonchev–Trinajstić information content (AvgIpc) is 2.86. The molecule has 0 amide bonds. The third-order valence-corrected chi connectivity index (χ3v) is 2.79. The quantitative estimate of drug-likeness (QED) is 0.774. The highest BCUT2D eigenvalue weighted by atomic mass is 35.5. The minimum atomic E-state index is -0.651. The van der Waals surface area contributed by atoms with Gasteiger partial charge >= 0.3 is 5.76 Å². The number of halogens is 1. The first-order valence-electron chi connectivity index (χ1n) is 5.38. The van der Waals surface area contributed by atoms with Crippen molar-refractivity contribution in [3.63, 3.8) is 0 Å². The van der Waals surface area contributed by atoms with Crippen LogP contribution in [0.15, 0.2) is 45.8 Å². The topological polar surface area (TPSA) is 84.7 Å². The number of nitrogens with one attached hydrogen (secondary N) is 1. The molecule has 1 N–H and O–H groups in total. The monoisotopic (exact) mass is 274 g/mol. The molecule has 0 aliphatic rings. The minimum absolute atomic E-state index is 0.180. The number of nitrogens with zero attached hydrogens (tertiary/aromatic N) is 3. The summed E-state index contributed by atoms with van der Waals surface area (Å²) >= 11 is 6.11. The Balaban J connectivity index is 2.10. The highest BCUT2D eigenvalue weighted by molar-refractivity contribution is 6.33. The van der Waals surface area contributed by atoms with E-state index in [1.165, 1.54) is 0 Å². The average molecular weight is 275 g/mol. The molecule has 94 valence electrons. The number of rotatable bonds is 2. The lowest BCUT2D eigenvalue weighted by molar-refractivity contribution is 0.387. The van der Waals surface area contributed by atoms with Crippen molar-refractivity contribution in [3.8, 4) is 22.9 Å². The molecule has 2 aromatic heterocycles. The van der Waals surface area contributed by atoms with E-state index >= 15 is 0 Å². The van der Waals surface area contributed by atoms with E-state index in [9.17, 15) is 4.79 Å². The van der Waals surface area contributed by atoms with Crippen molar-refractivity contribution in [3.05, 3.63) is 52.1 Å². The first-order chi connectivity index (χ1) is 9.24. The predicted molar refractivity (Wildman–Crippen MR) is 68.6 cm³/mol. The van der Waals surface area contributed by atoms with Crippen molar-refractivity contribution in [1.82, 2.24) is 20.1 Å². The van der Waals surface area contributed by atoms with Gasteiger partial charge < -0.3 is 0 Å². The van der Waals surface area contributed by atoms with Gasteiger partial charge in [0.2, 0.25) is 5.82 Å². The van der Waals surface area contributed by atoms with E-state index in [0.717, 1.165) is 5.56 Å². The maximum absolute atomic E-state index is 10.9. The van der Waals surface area contributed by atoms with E-state index in [1.54, 1.807) is 18.3 Å². The van der Waals surface area contributed by atoms with Gasteiger partial charge in [-0.15, -0.1) is 0 Å². The maximum Gasteiger partial charge on any atom is 0.439 e. The van der Waals surface area contributed by atoms with Crippen LogP contribution >= 0.6 is 11.6 Å². The Hall–Kier alpha value is -2.47. The van der Waals surface area contributed by atoms with E-state index in [-0.39, 0.29) is 11.6 Å². The van der Waals surface area contributed by atoms with Gasteiger partial charge in [-0.1, -0.05) is 35.0 Å². The van der Waals surface area contributed by atoms with Crippen LogP contribution in [0.2, 0.25) is 5.02 Å². The standard InChI is InChI=1S/C12H7ClN4O2/c13-8-4-2-1-3-7(8)9-5-6-14-10(15-9)11-16-12(18)19-17-11/h1-6H,(H,16,17,18). The van der Waals surface area contributed by atoms with E-state index in [2.05, 4.69) is 24.6 Å². The van der Waals surface area contributed by atoms with Gasteiger partial charge in [-0.2, -0.15) is 0 Å². The van der Waals surface area contributed by atoms with Gasteiger partial charge in [0.25, 0.3) is 0 Å². The van der Waals surface area contributed by atoms with Crippen LogP contribution in [0.4, 0.5) is 0 Å². The molecule has 19 heavy (non-hydrogen) atoms. The second kappa shape index (κ2) is 4.66. The number of aromatic amines is 1. The van der Waals surface area contributed by atoms with Crippen molar-refractivity contribution in [1.29, 1.82) is 0 Å². The molecule has 6 nitrogen and oxygen atoms in total. The van der Waals surface area contributed by atoms with Crippen LogP contribution in [0.3, 0.4) is 0 Å². The smallest absolute Gasteiger partial charge is 0.295 e. The molecule has 0 fully saturated rings. The van der Waals surface area contributed by atoms with Gasteiger partial charge in [-0.25, -0.2) is 14.8 Å². The maximum atomic E-state index is 10.9. The number of benzene rings is 1. The van der Waals surface area contributed by atoms with Crippen molar-refractivity contribution in [2.45, 2.75) is 0 Å². The molecule has 0 radical (unpaired) electrons. The molecule has 0 atom stereocenters. The van der Waals surface area contributed by atoms with Gasteiger partial charge in [-0.3, -0.25) is 9.51 Å². The Kier molecular flexibility index (Phi) is 2.85. The van der Waals surface area contributed by atoms with Crippen LogP contribution in [0.25, 0.3) is 22.9 Å². The van der Waals surface area contributed by atoms with Crippen molar-refractivity contribution >= 4 is 11.6 Å². The van der Waals surface area contributed by atoms with Gasteiger partial charge in [0.15, 0.2) is 5.82 Å². The van der Waals surface area contributed by atoms with Gasteiger partial charge in [0.05, 0.1) is 5.69 Å². The summed E-state index contributed by atoms with van der Waals surface area (Å²) in [7, 11) is 0. The summed E-state index contributed by atoms with van der Waals surface area (Å²) < 4.78 is 4.42. The van der Waals surface area contributed by atoms with Gasteiger partial charge in [0.1, 0.15) is 0 Å². The highest BCUT2D eigenvalue weighted by Gasteiger charge is 2.10. The van der Waals surface area contributed by atoms with Crippen LogP contribution in [0, 0.1) is 0 Å². The minimum Gasteiger partial charge on any atom is -0.295 e. The van der Waals surface area contributed by atoms with Crippen LogP contribution < -0.4 is 5.76 Å². The van der Waals surface area contributed by atoms with Gasteiger partial charge in [0, 0.05) is 16.8 Å². The van der Waals surface area contributed by atoms with Crippen molar-refractivity contribution in [2.75, 3.05) is 0 Å². The zero-order valence-corrected chi connectivity index (χ0v) is 10.3. The summed E-state index contributed by atoms with van der Waals surface area (Å²) in [4.78, 5) is 21.6. The van der Waals surface area contributed by atoms with E-state index in [1.807, 2.05) is 18.2 Å². The molecule has 2 heterocycles. The van der Waals surface area contributed by atoms with Crippen LogP contribution in [0.5, 0.6) is 0 Å². The summed E-state index contributed by atoms with van der Waals surface area (Å²) in [6, 6.07) is 9.05. The Morgan fingerprint density at radius 1 is 1.21 bits per heavy atom. The number of hydrogen-bond donors (Lipinski definition) is 1. The molecule has 0 unspecified atom stereocenters. The fourth-order valence-corrected chi connectivity index (χ4v) is 1.85. The van der Waals surface area contributed by atoms with E-state index in [0.29, 0.717) is 10.7 Å². The lowest BCUT2D eigenvalue weighted by Gasteiger charge is -2.03. The zero-order valence-electron chi connectivity index (χ0n) is 9.50. The SMILES string of the molecule is O=c1[nH]c(-c2nccc(-c3ccccc3Cl)n2)no1. The molecule has 7 heteroatoms. The summed E-state index contributed by atoms with van der Waals surface area (Å²) in [6.07, 6.45) is 1.56. The fourth-order valence-electron chi connectivity index (χ4n) is 1.62. The summed E-state index contributed by atoms with van der Waals surface area (Å²) in [5, 5.41) is 4.13. The molecule has 0 spiro atoms. The zero-order chi connectivity index (χ0) is 13.2. The molecular weight excluding hydrogens is 268 g/mol. The summed E-state index contributed by atoms with van der Waals surface area (Å²) in [6.45, 7) is 0.